The van der Waals surface area contributed by atoms with Crippen molar-refractivity contribution in [3.8, 4) is 0 Å². The van der Waals surface area contributed by atoms with Gasteiger partial charge in [-0.2, -0.15) is 0 Å². The Bertz CT molecular complexity index is 781. The van der Waals surface area contributed by atoms with Crippen LogP contribution < -0.4 is 10.2 Å². The first-order chi connectivity index (χ1) is 9.90. The molecule has 6 heteroatoms. The maximum absolute atomic E-state index is 12.2. The minimum absolute atomic E-state index is 0.262. The van der Waals surface area contributed by atoms with Gasteiger partial charge < -0.3 is 4.98 Å². The lowest BCUT2D eigenvalue weighted by Crippen LogP contribution is -2.36. The fourth-order valence-electron chi connectivity index (χ4n) is 2.15. The highest BCUT2D eigenvalue weighted by atomic mass is 32.2. The summed E-state index contributed by atoms with van der Waals surface area (Å²) >= 11 is 0. The molecule has 0 amide bonds. The molecule has 1 atom stereocenters. The maximum Gasteiger partial charge on any atom is 0.246 e. The number of hydrogen-bond acceptors (Lipinski definition) is 3. The van der Waals surface area contributed by atoms with Crippen molar-refractivity contribution < 1.29 is 8.42 Å². The first-order valence-electron chi connectivity index (χ1n) is 6.64. The molecule has 0 fully saturated rings. The molecule has 112 valence electrons. The van der Waals surface area contributed by atoms with E-state index in [1.807, 2.05) is 31.2 Å². The zero-order chi connectivity index (χ0) is 15.5. The minimum Gasteiger partial charge on any atom is -0.366 e. The van der Waals surface area contributed by atoms with Crippen molar-refractivity contribution in [1.29, 1.82) is 0 Å². The monoisotopic (exact) mass is 306 g/mol. The molecule has 2 rings (SSSR count). The summed E-state index contributed by atoms with van der Waals surface area (Å²) in [5.41, 5.74) is 1.67. The highest BCUT2D eigenvalue weighted by Crippen LogP contribution is 2.11. The van der Waals surface area contributed by atoms with Crippen molar-refractivity contribution in [2.75, 3.05) is 0 Å². The zero-order valence-corrected chi connectivity index (χ0v) is 12.8. The van der Waals surface area contributed by atoms with Gasteiger partial charge in [-0.15, -0.1) is 0 Å². The Balaban J connectivity index is 2.16. The van der Waals surface area contributed by atoms with Gasteiger partial charge in [0.1, 0.15) is 4.90 Å². The molecule has 0 radical (unpaired) electrons. The second-order valence-corrected chi connectivity index (χ2v) is 6.71. The molecular weight excluding hydrogens is 288 g/mol. The van der Waals surface area contributed by atoms with Crippen molar-refractivity contribution in [2.45, 2.75) is 31.2 Å². The summed E-state index contributed by atoms with van der Waals surface area (Å²) in [6.45, 7) is 3.76. The SMILES string of the molecule is Cc1ccccc1CC(C)NS(=O)(=O)c1c[nH]ccc1=O. The third kappa shape index (κ3) is 3.80. The summed E-state index contributed by atoms with van der Waals surface area (Å²) in [7, 11) is -3.82. The number of aromatic amines is 1. The molecule has 0 saturated heterocycles. The third-order valence-corrected chi connectivity index (χ3v) is 4.83. The molecule has 0 bridgehead atoms. The summed E-state index contributed by atoms with van der Waals surface area (Å²) in [6, 6.07) is 8.70. The average Bonchev–Trinajstić information content (AvgIpc) is 2.41. The van der Waals surface area contributed by atoms with Gasteiger partial charge in [0, 0.05) is 24.5 Å². The number of nitrogens with one attached hydrogen (secondary N) is 2. The molecular formula is C15H18N2O3S. The van der Waals surface area contributed by atoms with Crippen LogP contribution in [-0.2, 0) is 16.4 Å². The Morgan fingerprint density at radius 1 is 1.24 bits per heavy atom. The van der Waals surface area contributed by atoms with Gasteiger partial charge in [0.25, 0.3) is 0 Å². The number of aryl methyl sites for hydroxylation is 1. The number of benzene rings is 1. The fraction of sp³-hybridized carbons (Fsp3) is 0.267. The second kappa shape index (κ2) is 6.24. The molecule has 2 N–H and O–H groups in total. The number of pyridine rings is 1. The molecule has 0 saturated carbocycles. The number of sulfonamides is 1. The number of rotatable bonds is 5. The summed E-state index contributed by atoms with van der Waals surface area (Å²) < 4.78 is 27.0. The second-order valence-electron chi connectivity index (χ2n) is 5.03. The molecule has 0 aliphatic rings. The summed E-state index contributed by atoms with van der Waals surface area (Å²) in [6.07, 6.45) is 3.17. The Labute approximate surface area is 124 Å². The van der Waals surface area contributed by atoms with E-state index in [0.29, 0.717) is 6.42 Å². The summed E-state index contributed by atoms with van der Waals surface area (Å²) in [5.74, 6) is 0. The van der Waals surface area contributed by atoms with Crippen molar-refractivity contribution in [2.24, 2.45) is 0 Å². The Morgan fingerprint density at radius 2 is 1.95 bits per heavy atom. The Kier molecular flexibility index (Phi) is 4.59. The third-order valence-electron chi connectivity index (χ3n) is 3.22. The van der Waals surface area contributed by atoms with Crippen molar-refractivity contribution in [1.82, 2.24) is 9.71 Å². The molecule has 0 spiro atoms. The first kappa shape index (κ1) is 15.5. The maximum atomic E-state index is 12.2. The van der Waals surface area contributed by atoms with Gasteiger partial charge in [-0.05, 0) is 31.4 Å². The smallest absolute Gasteiger partial charge is 0.246 e. The molecule has 1 unspecified atom stereocenters. The van der Waals surface area contributed by atoms with Crippen LogP contribution in [0.5, 0.6) is 0 Å². The lowest BCUT2D eigenvalue weighted by Gasteiger charge is -2.15. The highest BCUT2D eigenvalue weighted by Gasteiger charge is 2.20. The Morgan fingerprint density at radius 3 is 2.62 bits per heavy atom. The lowest BCUT2D eigenvalue weighted by molar-refractivity contribution is 0.558. The Hall–Kier alpha value is -1.92. The van der Waals surface area contributed by atoms with Crippen LogP contribution in [0.25, 0.3) is 0 Å². The standard InChI is InChI=1S/C15H18N2O3S/c1-11-5-3-4-6-13(11)9-12(2)17-21(19,20)15-10-16-8-7-14(15)18/h3-8,10,12,17H,9H2,1-2H3,(H,16,18). The van der Waals surface area contributed by atoms with Crippen LogP contribution in [0.1, 0.15) is 18.1 Å². The fourth-order valence-corrected chi connectivity index (χ4v) is 3.45. The predicted octanol–water partition coefficient (Wildman–Crippen LogP) is 1.59. The number of hydrogen-bond donors (Lipinski definition) is 2. The van der Waals surface area contributed by atoms with E-state index in [-0.39, 0.29) is 10.9 Å². The van der Waals surface area contributed by atoms with Gasteiger partial charge in [0.2, 0.25) is 15.5 Å². The summed E-state index contributed by atoms with van der Waals surface area (Å²) in [5, 5.41) is 0. The van der Waals surface area contributed by atoms with E-state index in [9.17, 15) is 13.2 Å². The van der Waals surface area contributed by atoms with E-state index in [4.69, 9.17) is 0 Å². The summed E-state index contributed by atoms with van der Waals surface area (Å²) in [4.78, 5) is 14.0. The minimum atomic E-state index is -3.82. The van der Waals surface area contributed by atoms with Gasteiger partial charge >= 0.3 is 0 Å². The van der Waals surface area contributed by atoms with E-state index in [2.05, 4.69) is 9.71 Å². The molecule has 21 heavy (non-hydrogen) atoms. The topological polar surface area (TPSA) is 79.0 Å². The van der Waals surface area contributed by atoms with E-state index in [0.717, 1.165) is 11.1 Å². The zero-order valence-electron chi connectivity index (χ0n) is 12.0. The van der Waals surface area contributed by atoms with Crippen LogP contribution in [0.4, 0.5) is 0 Å². The van der Waals surface area contributed by atoms with Crippen LogP contribution in [0.3, 0.4) is 0 Å². The first-order valence-corrected chi connectivity index (χ1v) is 8.12. The molecule has 1 aromatic carbocycles. The van der Waals surface area contributed by atoms with E-state index in [1.54, 1.807) is 6.92 Å². The normalized spacial score (nSPS) is 13.0. The van der Waals surface area contributed by atoms with E-state index in [1.165, 1.54) is 18.5 Å². The lowest BCUT2D eigenvalue weighted by atomic mass is 10.0. The van der Waals surface area contributed by atoms with Crippen LogP contribution in [0.15, 0.2) is 52.4 Å². The van der Waals surface area contributed by atoms with Gasteiger partial charge in [-0.3, -0.25) is 4.79 Å². The largest absolute Gasteiger partial charge is 0.366 e. The van der Waals surface area contributed by atoms with Crippen LogP contribution in [0.2, 0.25) is 0 Å². The van der Waals surface area contributed by atoms with E-state index < -0.39 is 15.5 Å². The van der Waals surface area contributed by atoms with Gasteiger partial charge in [0.05, 0.1) is 0 Å². The molecule has 1 heterocycles. The van der Waals surface area contributed by atoms with E-state index >= 15 is 0 Å². The van der Waals surface area contributed by atoms with Crippen molar-refractivity contribution >= 4 is 10.0 Å². The van der Waals surface area contributed by atoms with Gasteiger partial charge in [-0.1, -0.05) is 24.3 Å². The molecule has 1 aromatic heterocycles. The number of H-pyrrole nitrogens is 1. The van der Waals surface area contributed by atoms with Gasteiger partial charge in [0.15, 0.2) is 0 Å². The van der Waals surface area contributed by atoms with Crippen molar-refractivity contribution in [3.05, 3.63) is 64.1 Å². The molecule has 2 aromatic rings. The predicted molar refractivity (Wildman–Crippen MR) is 81.7 cm³/mol. The van der Waals surface area contributed by atoms with Gasteiger partial charge in [-0.25, -0.2) is 13.1 Å². The van der Waals surface area contributed by atoms with Crippen LogP contribution in [-0.4, -0.2) is 19.4 Å². The van der Waals surface area contributed by atoms with Crippen LogP contribution in [0, 0.1) is 6.92 Å². The highest BCUT2D eigenvalue weighted by molar-refractivity contribution is 7.89. The molecule has 0 aliphatic carbocycles. The van der Waals surface area contributed by atoms with Crippen LogP contribution >= 0.6 is 0 Å². The number of aromatic nitrogens is 1. The van der Waals surface area contributed by atoms with Crippen molar-refractivity contribution in [3.63, 3.8) is 0 Å². The molecule has 0 aliphatic heterocycles. The molecule has 5 nitrogen and oxygen atoms in total. The average molecular weight is 306 g/mol. The quantitative estimate of drug-likeness (QED) is 0.880.